The summed E-state index contributed by atoms with van der Waals surface area (Å²) in [6.45, 7) is 1.04. The van der Waals surface area contributed by atoms with Gasteiger partial charge in [0, 0.05) is 6.54 Å². The second-order valence-electron chi connectivity index (χ2n) is 3.10. The van der Waals surface area contributed by atoms with Crippen LogP contribution in [-0.2, 0) is 9.84 Å². The first kappa shape index (κ1) is 11.9. The molecule has 74 valence electrons. The molecule has 5 heteroatoms. The third-order valence-electron chi connectivity index (χ3n) is 1.49. The van der Waals surface area contributed by atoms with E-state index in [2.05, 4.69) is 0 Å². The monoisotopic (exact) mass is 194 g/mol. The fourth-order valence-electron chi connectivity index (χ4n) is 0.882. The molecule has 0 aliphatic rings. The zero-order chi connectivity index (χ0) is 9.61. The predicted molar refractivity (Wildman–Crippen MR) is 50.9 cm³/mol. The number of sulfone groups is 1. The molecule has 0 saturated carbocycles. The Morgan fingerprint density at radius 3 is 2.25 bits per heavy atom. The molecule has 0 atom stereocenters. The van der Waals surface area contributed by atoms with Crippen LogP contribution in [-0.4, -0.2) is 52.0 Å². The summed E-state index contributed by atoms with van der Waals surface area (Å²) in [5, 5.41) is 0. The maximum absolute atomic E-state index is 11.1. The van der Waals surface area contributed by atoms with Crippen molar-refractivity contribution >= 4 is 9.84 Å². The molecule has 0 aliphatic carbocycles. The van der Waals surface area contributed by atoms with Gasteiger partial charge in [-0.05, 0) is 27.1 Å². The lowest BCUT2D eigenvalue weighted by atomic mass is 10.5. The summed E-state index contributed by atoms with van der Waals surface area (Å²) in [5.74, 6) is 0.364. The van der Waals surface area contributed by atoms with Crippen molar-refractivity contribution in [1.29, 1.82) is 0 Å². The van der Waals surface area contributed by atoms with Gasteiger partial charge in [0.15, 0.2) is 9.84 Å². The van der Waals surface area contributed by atoms with Gasteiger partial charge in [-0.1, -0.05) is 0 Å². The first-order chi connectivity index (χ1) is 5.48. The van der Waals surface area contributed by atoms with E-state index in [-0.39, 0.29) is 18.1 Å². The van der Waals surface area contributed by atoms with Crippen molar-refractivity contribution < 1.29 is 8.42 Å². The summed E-state index contributed by atoms with van der Waals surface area (Å²) in [6.07, 6.45) is 0.690. The second-order valence-corrected chi connectivity index (χ2v) is 5.40. The Morgan fingerprint density at radius 1 is 1.25 bits per heavy atom. The lowest BCUT2D eigenvalue weighted by Gasteiger charge is -2.08. The van der Waals surface area contributed by atoms with Crippen LogP contribution in [0.3, 0.4) is 0 Å². The van der Waals surface area contributed by atoms with Crippen LogP contribution in [0.4, 0.5) is 0 Å². The molecule has 0 aliphatic heterocycles. The van der Waals surface area contributed by atoms with Gasteiger partial charge in [-0.2, -0.15) is 0 Å². The smallest absolute Gasteiger partial charge is 0.151 e. The number of hydrogen-bond donors (Lipinski definition) is 1. The lowest BCUT2D eigenvalue weighted by molar-refractivity contribution is 0.408. The Balaban J connectivity index is 3.62. The Bertz CT molecular complexity index is 199. The molecule has 0 bridgehead atoms. The zero-order valence-electron chi connectivity index (χ0n) is 7.78. The van der Waals surface area contributed by atoms with Gasteiger partial charge in [0.25, 0.3) is 0 Å². The Morgan fingerprint density at radius 2 is 1.83 bits per heavy atom. The van der Waals surface area contributed by atoms with Gasteiger partial charge in [-0.3, -0.25) is 0 Å². The van der Waals surface area contributed by atoms with E-state index < -0.39 is 9.84 Å². The highest BCUT2D eigenvalue weighted by atomic mass is 32.2. The lowest BCUT2D eigenvalue weighted by Crippen LogP contribution is -2.21. The van der Waals surface area contributed by atoms with Crippen LogP contribution in [0.25, 0.3) is 0 Å². The molecule has 0 aromatic heterocycles. The number of rotatable bonds is 6. The maximum Gasteiger partial charge on any atom is 0.151 e. The van der Waals surface area contributed by atoms with Crippen molar-refractivity contribution in [3.63, 3.8) is 0 Å². The quantitative estimate of drug-likeness (QED) is 0.608. The van der Waals surface area contributed by atoms with Crippen molar-refractivity contribution in [2.75, 3.05) is 38.7 Å². The molecule has 0 fully saturated rings. The van der Waals surface area contributed by atoms with Crippen molar-refractivity contribution in [3.8, 4) is 0 Å². The van der Waals surface area contributed by atoms with E-state index in [0.29, 0.717) is 6.42 Å². The van der Waals surface area contributed by atoms with Crippen LogP contribution >= 0.6 is 0 Å². The fourth-order valence-corrected chi connectivity index (χ4v) is 2.01. The molecule has 0 aromatic carbocycles. The molecule has 4 nitrogen and oxygen atoms in total. The summed E-state index contributed by atoms with van der Waals surface area (Å²) in [4.78, 5) is 1.97. The third-order valence-corrected chi connectivity index (χ3v) is 3.26. The third kappa shape index (κ3) is 6.57. The molecule has 0 saturated heterocycles. The molecule has 12 heavy (non-hydrogen) atoms. The number of hydrogen-bond acceptors (Lipinski definition) is 4. The molecule has 0 heterocycles. The molecule has 0 aromatic rings. The summed E-state index contributed by atoms with van der Waals surface area (Å²) in [5.41, 5.74) is 5.16. The molecular weight excluding hydrogens is 176 g/mol. The van der Waals surface area contributed by atoms with E-state index in [9.17, 15) is 8.42 Å². The largest absolute Gasteiger partial charge is 0.329 e. The zero-order valence-corrected chi connectivity index (χ0v) is 8.60. The first-order valence-corrected chi connectivity index (χ1v) is 5.85. The van der Waals surface area contributed by atoms with Crippen LogP contribution in [0, 0.1) is 0 Å². The van der Waals surface area contributed by atoms with E-state index in [1.54, 1.807) is 0 Å². The van der Waals surface area contributed by atoms with Gasteiger partial charge in [0.05, 0.1) is 11.5 Å². The van der Waals surface area contributed by atoms with Crippen LogP contribution < -0.4 is 5.73 Å². The molecular formula is C7H18N2O2S. The number of nitrogens with zero attached hydrogens (tertiary/aromatic N) is 1. The molecule has 0 radical (unpaired) electrons. The SMILES string of the molecule is CN(C)CCCS(=O)(=O)CCN. The summed E-state index contributed by atoms with van der Waals surface area (Å²) < 4.78 is 22.2. The summed E-state index contributed by atoms with van der Waals surface area (Å²) in [6, 6.07) is 0. The fraction of sp³-hybridized carbons (Fsp3) is 1.00. The first-order valence-electron chi connectivity index (χ1n) is 4.03. The van der Waals surface area contributed by atoms with Crippen LogP contribution in [0.15, 0.2) is 0 Å². The van der Waals surface area contributed by atoms with Gasteiger partial charge in [0.1, 0.15) is 0 Å². The highest BCUT2D eigenvalue weighted by Crippen LogP contribution is 1.93. The van der Waals surface area contributed by atoms with E-state index >= 15 is 0 Å². The number of nitrogens with two attached hydrogens (primary N) is 1. The van der Waals surface area contributed by atoms with Gasteiger partial charge in [0.2, 0.25) is 0 Å². The van der Waals surface area contributed by atoms with Crippen molar-refractivity contribution in [3.05, 3.63) is 0 Å². The van der Waals surface area contributed by atoms with Crippen molar-refractivity contribution in [2.45, 2.75) is 6.42 Å². The standard InChI is InChI=1S/C7H18N2O2S/c1-9(2)5-3-6-12(10,11)7-4-8/h3-8H2,1-2H3. The van der Waals surface area contributed by atoms with Crippen LogP contribution in [0.1, 0.15) is 6.42 Å². The minimum Gasteiger partial charge on any atom is -0.329 e. The van der Waals surface area contributed by atoms with Gasteiger partial charge >= 0.3 is 0 Å². The average molecular weight is 194 g/mol. The van der Waals surface area contributed by atoms with Crippen LogP contribution in [0.2, 0.25) is 0 Å². The molecule has 0 rings (SSSR count). The van der Waals surface area contributed by atoms with E-state index in [0.717, 1.165) is 6.54 Å². The Kier molecular flexibility index (Phi) is 5.44. The predicted octanol–water partition coefficient (Wildman–Crippen LogP) is -0.688. The topological polar surface area (TPSA) is 63.4 Å². The molecule has 0 unspecified atom stereocenters. The van der Waals surface area contributed by atoms with Gasteiger partial charge in [-0.15, -0.1) is 0 Å². The van der Waals surface area contributed by atoms with E-state index in [4.69, 9.17) is 5.73 Å². The van der Waals surface area contributed by atoms with Gasteiger partial charge in [-0.25, -0.2) is 8.42 Å². The minimum absolute atomic E-state index is 0.112. The Labute approximate surface area is 74.7 Å². The normalized spacial score (nSPS) is 12.3. The van der Waals surface area contributed by atoms with Crippen LogP contribution in [0.5, 0.6) is 0 Å². The summed E-state index contributed by atoms with van der Waals surface area (Å²) in [7, 11) is 0.973. The molecule has 0 amide bonds. The highest BCUT2D eigenvalue weighted by molar-refractivity contribution is 7.91. The average Bonchev–Trinajstić information content (AvgIpc) is 1.85. The van der Waals surface area contributed by atoms with Gasteiger partial charge < -0.3 is 10.6 Å². The minimum atomic E-state index is -2.88. The van der Waals surface area contributed by atoms with E-state index in [1.165, 1.54) is 0 Å². The van der Waals surface area contributed by atoms with Crippen molar-refractivity contribution in [1.82, 2.24) is 4.90 Å². The molecule has 2 N–H and O–H groups in total. The van der Waals surface area contributed by atoms with Crippen molar-refractivity contribution in [2.24, 2.45) is 5.73 Å². The second kappa shape index (κ2) is 5.50. The summed E-state index contributed by atoms with van der Waals surface area (Å²) >= 11 is 0. The highest BCUT2D eigenvalue weighted by Gasteiger charge is 2.08. The molecule has 0 spiro atoms. The Hall–Kier alpha value is -0.130. The van der Waals surface area contributed by atoms with E-state index in [1.807, 2.05) is 19.0 Å². The maximum atomic E-state index is 11.1.